The Morgan fingerprint density at radius 3 is 1.35 bits per heavy atom. The van der Waals surface area contributed by atoms with E-state index >= 15 is 0 Å². The summed E-state index contributed by atoms with van der Waals surface area (Å²) in [7, 11) is 0. The molecule has 4 nitrogen and oxygen atoms in total. The summed E-state index contributed by atoms with van der Waals surface area (Å²) in [5.74, 6) is 0.973. The molecule has 0 saturated carbocycles. The van der Waals surface area contributed by atoms with Crippen molar-refractivity contribution in [2.24, 2.45) is 0 Å². The molecule has 0 spiro atoms. The summed E-state index contributed by atoms with van der Waals surface area (Å²) >= 11 is -0.557. The highest BCUT2D eigenvalue weighted by atomic mass is 32.2. The number of fused-ring (bicyclic) bond motifs is 6. The van der Waals surface area contributed by atoms with Crippen molar-refractivity contribution >= 4 is 44.4 Å². The molecule has 0 bridgehead atoms. The average molecular weight is 652 g/mol. The predicted molar refractivity (Wildman–Crippen MR) is 188 cm³/mol. The molecule has 0 aliphatic rings. The molecule has 0 saturated heterocycles. The van der Waals surface area contributed by atoms with E-state index in [0.717, 1.165) is 54.6 Å². The van der Waals surface area contributed by atoms with Crippen LogP contribution in [0.25, 0.3) is 77.6 Å². The summed E-state index contributed by atoms with van der Waals surface area (Å²) in [5, 5.41) is 5.50. The topological polar surface area (TPSA) is 47.9 Å². The maximum atomic E-state index is 13.6. The second kappa shape index (κ2) is 12.1. The van der Waals surface area contributed by atoms with Gasteiger partial charge in [0.25, 0.3) is 0 Å². The van der Waals surface area contributed by atoms with Gasteiger partial charge in [0, 0.05) is 11.1 Å². The van der Waals surface area contributed by atoms with E-state index in [4.69, 9.17) is 19.1 Å². The van der Waals surface area contributed by atoms with Crippen LogP contribution in [-0.4, -0.2) is 20.5 Å². The summed E-state index contributed by atoms with van der Waals surface area (Å²) in [6.07, 6.45) is 0. The van der Waals surface area contributed by atoms with Gasteiger partial charge in [-0.1, -0.05) is 133 Å². The molecule has 0 radical (unpaired) electrons. The van der Waals surface area contributed by atoms with Gasteiger partial charge in [0.2, 0.25) is 0 Å². The van der Waals surface area contributed by atoms with Crippen LogP contribution in [0, 0.1) is 0 Å². The van der Waals surface area contributed by atoms with Crippen LogP contribution < -0.4 is 4.18 Å². The summed E-state index contributed by atoms with van der Waals surface area (Å²) < 4.78 is 46.2. The van der Waals surface area contributed by atoms with Crippen molar-refractivity contribution in [2.45, 2.75) is 5.51 Å². The lowest BCUT2D eigenvalue weighted by molar-refractivity contribution is -0.0369. The molecule has 1 heterocycles. The molecule has 48 heavy (non-hydrogen) atoms. The molecule has 0 N–H and O–H groups in total. The minimum absolute atomic E-state index is 0.000784. The Labute approximate surface area is 278 Å². The Morgan fingerprint density at radius 1 is 0.417 bits per heavy atom. The highest BCUT2D eigenvalue weighted by molar-refractivity contribution is 7.95. The first-order valence-corrected chi connectivity index (χ1v) is 15.9. The minimum Gasteiger partial charge on any atom is -0.416 e. The summed E-state index contributed by atoms with van der Waals surface area (Å²) in [6, 6.07) is 46.7. The first-order valence-electron chi connectivity index (χ1n) is 15.2. The predicted octanol–water partition coefficient (Wildman–Crippen LogP) is 11.5. The molecule has 0 aliphatic heterocycles. The van der Waals surface area contributed by atoms with Crippen LogP contribution in [0.15, 0.2) is 146 Å². The lowest BCUT2D eigenvalue weighted by Crippen LogP contribution is -2.05. The van der Waals surface area contributed by atoms with Crippen molar-refractivity contribution in [3.63, 3.8) is 0 Å². The van der Waals surface area contributed by atoms with Gasteiger partial charge in [0.05, 0.1) is 5.56 Å². The van der Waals surface area contributed by atoms with Gasteiger partial charge in [0.15, 0.2) is 29.5 Å². The zero-order valence-electron chi connectivity index (χ0n) is 25.1. The maximum Gasteiger partial charge on any atom is 0.479 e. The second-order valence-electron chi connectivity index (χ2n) is 11.2. The molecule has 8 heteroatoms. The SMILES string of the molecule is FC(F)(F)SOc1cc2c3ccccc3c3ccccc3c2cc1-c1nc(-c2ccccc2)nc(-c2ccc(-c3ccccc3)cc2)n1. The van der Waals surface area contributed by atoms with Crippen molar-refractivity contribution in [3.8, 4) is 51.0 Å². The minimum atomic E-state index is -4.63. The third-order valence-electron chi connectivity index (χ3n) is 8.23. The molecule has 0 aliphatic carbocycles. The lowest BCUT2D eigenvalue weighted by atomic mass is 9.93. The van der Waals surface area contributed by atoms with Gasteiger partial charge in [-0.25, -0.2) is 15.0 Å². The number of hydrogen-bond donors (Lipinski definition) is 0. The number of aromatic nitrogens is 3. The molecular weight excluding hydrogens is 628 g/mol. The van der Waals surface area contributed by atoms with Gasteiger partial charge in [-0.3, -0.25) is 0 Å². The fraction of sp³-hybridized carbons (Fsp3) is 0.0250. The van der Waals surface area contributed by atoms with Gasteiger partial charge < -0.3 is 4.18 Å². The zero-order chi connectivity index (χ0) is 32.7. The number of rotatable bonds is 6. The normalized spacial score (nSPS) is 11.7. The van der Waals surface area contributed by atoms with Gasteiger partial charge in [-0.2, -0.15) is 13.2 Å². The van der Waals surface area contributed by atoms with Crippen LogP contribution in [0.2, 0.25) is 0 Å². The van der Waals surface area contributed by atoms with Gasteiger partial charge in [-0.05, 0) is 55.6 Å². The summed E-state index contributed by atoms with van der Waals surface area (Å²) in [6.45, 7) is 0. The molecule has 0 fully saturated rings. The van der Waals surface area contributed by atoms with Gasteiger partial charge in [-0.15, -0.1) is 0 Å². The largest absolute Gasteiger partial charge is 0.479 e. The Bertz CT molecular complexity index is 2440. The molecular formula is C40H24F3N3OS. The molecule has 7 aromatic carbocycles. The Balaban J connectivity index is 1.37. The van der Waals surface area contributed by atoms with Crippen LogP contribution in [0.3, 0.4) is 0 Å². The third kappa shape index (κ3) is 5.71. The van der Waals surface area contributed by atoms with Crippen LogP contribution in [-0.2, 0) is 0 Å². The van der Waals surface area contributed by atoms with Crippen molar-refractivity contribution in [1.29, 1.82) is 0 Å². The number of halogens is 3. The first kappa shape index (κ1) is 29.7. The Morgan fingerprint density at radius 2 is 0.812 bits per heavy atom. The van der Waals surface area contributed by atoms with E-state index in [1.54, 1.807) is 6.07 Å². The first-order chi connectivity index (χ1) is 23.4. The average Bonchev–Trinajstić information content (AvgIpc) is 3.14. The van der Waals surface area contributed by atoms with E-state index in [9.17, 15) is 13.2 Å². The maximum absolute atomic E-state index is 13.6. The van der Waals surface area contributed by atoms with Gasteiger partial charge in [0.1, 0.15) is 5.75 Å². The summed E-state index contributed by atoms with van der Waals surface area (Å²) in [5.41, 5.74) is -0.720. The van der Waals surface area contributed by atoms with Crippen LogP contribution in [0.1, 0.15) is 0 Å². The number of hydrogen-bond acceptors (Lipinski definition) is 5. The summed E-state index contributed by atoms with van der Waals surface area (Å²) in [4.78, 5) is 14.5. The van der Waals surface area contributed by atoms with Crippen molar-refractivity contribution in [2.75, 3.05) is 0 Å². The van der Waals surface area contributed by atoms with Crippen LogP contribution in [0.4, 0.5) is 13.2 Å². The Hall–Kier alpha value is -5.73. The van der Waals surface area contributed by atoms with Gasteiger partial charge >= 0.3 is 5.51 Å². The quantitative estimate of drug-likeness (QED) is 0.132. The number of nitrogens with zero attached hydrogens (tertiary/aromatic N) is 3. The standard InChI is InChI=1S/C40H24F3N3OS/c41-40(42,43)48-47-36-24-34-32-18-10-8-16-30(32)29-15-7-9-17-31(29)33(34)23-35(36)39-45-37(27-13-5-2-6-14-27)44-38(46-39)28-21-19-26(20-22-28)25-11-3-1-4-12-25/h1-24H. The van der Waals surface area contributed by atoms with E-state index in [1.807, 2.05) is 140 Å². The lowest BCUT2D eigenvalue weighted by Gasteiger charge is -2.16. The van der Waals surface area contributed by atoms with Crippen molar-refractivity contribution < 1.29 is 17.4 Å². The van der Waals surface area contributed by atoms with E-state index in [1.165, 1.54) is 0 Å². The van der Waals surface area contributed by atoms with E-state index in [0.29, 0.717) is 17.2 Å². The fourth-order valence-electron chi connectivity index (χ4n) is 6.05. The van der Waals surface area contributed by atoms with E-state index in [2.05, 4.69) is 0 Å². The van der Waals surface area contributed by atoms with E-state index < -0.39 is 17.6 Å². The number of alkyl halides is 3. The molecule has 0 amide bonds. The molecule has 232 valence electrons. The molecule has 0 unspecified atom stereocenters. The smallest absolute Gasteiger partial charge is 0.416 e. The monoisotopic (exact) mass is 651 g/mol. The van der Waals surface area contributed by atoms with Crippen molar-refractivity contribution in [3.05, 3.63) is 146 Å². The van der Waals surface area contributed by atoms with Crippen LogP contribution >= 0.6 is 12.0 Å². The highest BCUT2D eigenvalue weighted by Crippen LogP contribution is 2.44. The second-order valence-corrected chi connectivity index (χ2v) is 12.0. The molecule has 8 aromatic rings. The fourth-order valence-corrected chi connectivity index (χ4v) is 6.37. The van der Waals surface area contributed by atoms with Crippen molar-refractivity contribution in [1.82, 2.24) is 15.0 Å². The molecule has 0 atom stereocenters. The third-order valence-corrected chi connectivity index (χ3v) is 8.68. The molecule has 1 aromatic heterocycles. The van der Waals surface area contributed by atoms with E-state index in [-0.39, 0.29) is 11.6 Å². The zero-order valence-corrected chi connectivity index (χ0v) is 26.0. The molecule has 8 rings (SSSR count). The number of benzene rings is 7. The van der Waals surface area contributed by atoms with Crippen LogP contribution in [0.5, 0.6) is 5.75 Å². The Kier molecular flexibility index (Phi) is 7.50. The highest BCUT2D eigenvalue weighted by Gasteiger charge is 2.32.